The van der Waals surface area contributed by atoms with Crippen LogP contribution in [-0.4, -0.2) is 100 Å². The number of nitrogens with zero attached hydrogens (tertiary/aromatic N) is 2. The van der Waals surface area contributed by atoms with Crippen LogP contribution in [0.4, 0.5) is 8.78 Å². The second kappa shape index (κ2) is 10.2. The molecule has 4 aliphatic heterocycles. The van der Waals surface area contributed by atoms with Crippen molar-refractivity contribution in [1.82, 2.24) is 20.4 Å². The number of amides is 3. The number of nitrogens with one attached hydrogen (secondary N) is 2. The molecule has 36 heavy (non-hydrogen) atoms. The molecule has 0 aromatic carbocycles. The Bertz CT molecular complexity index is 983. The Labute approximate surface area is 211 Å². The van der Waals surface area contributed by atoms with Crippen molar-refractivity contribution in [3.05, 3.63) is 10.6 Å². The molecule has 0 aliphatic carbocycles. The van der Waals surface area contributed by atoms with E-state index in [4.69, 9.17) is 11.5 Å². The minimum Gasteiger partial charge on any atom is -0.477 e. The Kier molecular flexibility index (Phi) is 7.60. The zero-order valence-electron chi connectivity index (χ0n) is 20.0. The number of carbonyl (C=O) groups excluding carboxylic acids is 3. The zero-order chi connectivity index (χ0) is 26.5. The molecule has 4 aliphatic rings. The summed E-state index contributed by atoms with van der Waals surface area (Å²) in [5, 5.41) is 15.2. The number of aliphatic carboxylic acids is 1. The average molecular weight is 531 g/mol. The van der Waals surface area contributed by atoms with Crippen molar-refractivity contribution < 1.29 is 33.1 Å². The van der Waals surface area contributed by atoms with Gasteiger partial charge in [-0.15, -0.1) is 11.8 Å². The van der Waals surface area contributed by atoms with Crippen LogP contribution in [0.15, 0.2) is 10.6 Å². The molecule has 0 bridgehead atoms. The van der Waals surface area contributed by atoms with Crippen LogP contribution in [-0.2, 0) is 19.2 Å². The van der Waals surface area contributed by atoms with E-state index in [2.05, 4.69) is 10.6 Å². The van der Waals surface area contributed by atoms with Gasteiger partial charge >= 0.3 is 12.4 Å². The molecule has 0 aromatic rings. The van der Waals surface area contributed by atoms with Crippen LogP contribution in [0, 0.1) is 11.8 Å². The van der Waals surface area contributed by atoms with Crippen LogP contribution >= 0.6 is 11.8 Å². The minimum absolute atomic E-state index is 0.0731. The topological polar surface area (TPSA) is 171 Å². The lowest BCUT2D eigenvalue weighted by Gasteiger charge is -2.47. The Balaban J connectivity index is 1.44. The van der Waals surface area contributed by atoms with Gasteiger partial charge in [0.25, 0.3) is 5.91 Å². The predicted octanol–water partition coefficient (Wildman–Crippen LogP) is -1.12. The van der Waals surface area contributed by atoms with Gasteiger partial charge in [0.15, 0.2) is 0 Å². The lowest BCUT2D eigenvalue weighted by atomic mass is 9.78. The summed E-state index contributed by atoms with van der Waals surface area (Å²) in [5.74, 6) is -4.49. The molecule has 3 amide bonds. The smallest absolute Gasteiger partial charge is 0.353 e. The Hall–Kier alpha value is -2.29. The second-order valence-corrected chi connectivity index (χ2v) is 11.3. The van der Waals surface area contributed by atoms with E-state index < -0.39 is 48.3 Å². The first kappa shape index (κ1) is 26.8. The highest BCUT2D eigenvalue weighted by molar-refractivity contribution is 8.03. The number of carbonyl (C=O) groups is 4. The van der Waals surface area contributed by atoms with Gasteiger partial charge < -0.3 is 37.0 Å². The number of alkyl halides is 2. The summed E-state index contributed by atoms with van der Waals surface area (Å²) < 4.78 is 25.4. The number of thioether (sulfide) groups is 1. The summed E-state index contributed by atoms with van der Waals surface area (Å²) >= 11 is 1.33. The number of carboxylic acid groups (broad SMARTS) is 1. The molecule has 8 atom stereocenters. The summed E-state index contributed by atoms with van der Waals surface area (Å²) in [5.41, 5.74) is 11.7. The maximum atomic E-state index is 13.1. The van der Waals surface area contributed by atoms with Crippen LogP contribution < -0.4 is 22.1 Å². The van der Waals surface area contributed by atoms with Gasteiger partial charge in [-0.1, -0.05) is 6.92 Å². The van der Waals surface area contributed by atoms with Crippen molar-refractivity contribution >= 4 is 35.5 Å². The Morgan fingerprint density at radius 2 is 2.00 bits per heavy atom. The van der Waals surface area contributed by atoms with E-state index in [1.165, 1.54) is 23.6 Å². The van der Waals surface area contributed by atoms with Crippen LogP contribution in [0.5, 0.6) is 0 Å². The molecule has 14 heteroatoms. The number of hydrogen-bond donors (Lipinski definition) is 5. The van der Waals surface area contributed by atoms with Crippen molar-refractivity contribution in [2.24, 2.45) is 23.3 Å². The van der Waals surface area contributed by atoms with Gasteiger partial charge in [0.05, 0.1) is 18.0 Å². The van der Waals surface area contributed by atoms with Gasteiger partial charge in [-0.25, -0.2) is 4.79 Å². The summed E-state index contributed by atoms with van der Waals surface area (Å²) in [6.07, 6.45) is -2.08. The van der Waals surface area contributed by atoms with E-state index in [9.17, 15) is 33.1 Å². The van der Waals surface area contributed by atoms with Crippen molar-refractivity contribution in [3.63, 3.8) is 0 Å². The largest absolute Gasteiger partial charge is 0.477 e. The molecule has 0 saturated carbocycles. The van der Waals surface area contributed by atoms with Crippen molar-refractivity contribution in [1.29, 1.82) is 0 Å². The number of carboxylic acids is 1. The van der Waals surface area contributed by atoms with E-state index in [1.807, 2.05) is 0 Å². The first-order chi connectivity index (χ1) is 17.0. The molecule has 4 heterocycles. The summed E-state index contributed by atoms with van der Waals surface area (Å²) in [4.78, 5) is 52.9. The molecule has 200 valence electrons. The van der Waals surface area contributed by atoms with Gasteiger partial charge in [0.1, 0.15) is 5.70 Å². The van der Waals surface area contributed by atoms with Crippen molar-refractivity contribution in [2.75, 3.05) is 19.6 Å². The van der Waals surface area contributed by atoms with E-state index in [1.54, 1.807) is 11.8 Å². The number of hydrogen-bond acceptors (Lipinski definition) is 8. The third-order valence-corrected chi connectivity index (χ3v) is 9.09. The maximum Gasteiger partial charge on any atom is 0.353 e. The fraction of sp³-hybridized carbons (Fsp3) is 0.727. The maximum absolute atomic E-state index is 13.1. The van der Waals surface area contributed by atoms with Gasteiger partial charge in [-0.3, -0.25) is 14.4 Å². The highest BCUT2D eigenvalue weighted by Gasteiger charge is 2.60. The quantitative estimate of drug-likeness (QED) is 0.244. The molecule has 3 saturated heterocycles. The van der Waals surface area contributed by atoms with Crippen LogP contribution in [0.3, 0.4) is 0 Å². The predicted molar refractivity (Wildman–Crippen MR) is 126 cm³/mol. The number of likely N-dealkylation sites (tertiary alicyclic amines) is 1. The lowest BCUT2D eigenvalue weighted by molar-refractivity contribution is -0.159. The summed E-state index contributed by atoms with van der Waals surface area (Å²) in [7, 11) is 0. The number of fused-ring (bicyclic) bond motifs is 1. The fourth-order valence-electron chi connectivity index (χ4n) is 5.88. The van der Waals surface area contributed by atoms with Crippen LogP contribution in [0.1, 0.15) is 26.7 Å². The second-order valence-electron chi connectivity index (χ2n) is 9.94. The minimum atomic E-state index is -3.21. The van der Waals surface area contributed by atoms with Crippen molar-refractivity contribution in [3.8, 4) is 0 Å². The molecule has 7 N–H and O–H groups in total. The highest BCUT2D eigenvalue weighted by atomic mass is 32.2. The number of nitrogens with two attached hydrogens (primary N) is 2. The summed E-state index contributed by atoms with van der Waals surface area (Å²) in [6, 6.07) is -2.08. The van der Waals surface area contributed by atoms with E-state index in [-0.39, 0.29) is 34.9 Å². The summed E-state index contributed by atoms with van der Waals surface area (Å²) in [6.45, 7) is 4.51. The van der Waals surface area contributed by atoms with Gasteiger partial charge in [-0.05, 0) is 19.8 Å². The third-order valence-electron chi connectivity index (χ3n) is 7.58. The molecule has 11 nitrogen and oxygen atoms in total. The molecule has 0 aromatic heterocycles. The first-order valence-corrected chi connectivity index (χ1v) is 12.9. The SMILES string of the molecule is C[C@@H](NC(=O)C(F)F)[C@H]1C(=O)N2C(C(=O)O)=C(S[C@@H]3CN[C@H](C(=O)N4C[C@@H](N)C[C@H]4CN)C3)[C@H](C)[C@H]12. The molecule has 3 fully saturated rings. The lowest BCUT2D eigenvalue weighted by Crippen LogP contribution is -2.66. The molecule has 0 unspecified atom stereocenters. The van der Waals surface area contributed by atoms with E-state index in [0.29, 0.717) is 37.4 Å². The zero-order valence-corrected chi connectivity index (χ0v) is 20.8. The van der Waals surface area contributed by atoms with Gasteiger partial charge in [-0.2, -0.15) is 8.78 Å². The van der Waals surface area contributed by atoms with Crippen molar-refractivity contribution in [2.45, 2.75) is 68.6 Å². The molecular formula is C22H32F2N6O5S. The van der Waals surface area contributed by atoms with Gasteiger partial charge in [0.2, 0.25) is 11.8 Å². The number of β-lactam (4-membered cyclic amide) rings is 1. The number of halogens is 2. The normalized spacial score (nSPS) is 34.8. The van der Waals surface area contributed by atoms with Crippen LogP contribution in [0.25, 0.3) is 0 Å². The Morgan fingerprint density at radius 1 is 1.31 bits per heavy atom. The van der Waals surface area contributed by atoms with Crippen LogP contribution in [0.2, 0.25) is 0 Å². The standard InChI is InChI=1S/C22H32F2N6O5S/c1-8-15-14(9(2)28-19(31)18(23)24)21(33)30(15)16(22(34)35)17(8)36-12-4-13(27-6-12)20(32)29-7-10(26)3-11(29)5-25/h8-15,18,27H,3-7,25-26H2,1-2H3,(H,28,31)(H,34,35)/t8-,9-,10+,11+,12+,13+,14-,15-/m1/s1. The molecule has 0 spiro atoms. The fourth-order valence-corrected chi connectivity index (χ4v) is 7.36. The monoisotopic (exact) mass is 530 g/mol. The first-order valence-electron chi connectivity index (χ1n) is 12.0. The molecule has 4 rings (SSSR count). The third kappa shape index (κ3) is 4.59. The Morgan fingerprint density at radius 3 is 2.61 bits per heavy atom. The van der Waals surface area contributed by atoms with E-state index in [0.717, 1.165) is 0 Å². The van der Waals surface area contributed by atoms with E-state index >= 15 is 0 Å². The molecule has 0 radical (unpaired) electrons. The highest BCUT2D eigenvalue weighted by Crippen LogP contribution is 2.51. The number of rotatable bonds is 8. The average Bonchev–Trinajstić information content (AvgIpc) is 3.49. The molecular weight excluding hydrogens is 498 g/mol. The van der Waals surface area contributed by atoms with Gasteiger partial charge in [0, 0.05) is 53.8 Å².